The highest BCUT2D eigenvalue weighted by molar-refractivity contribution is 5.94. The van der Waals surface area contributed by atoms with Crippen LogP contribution in [-0.4, -0.2) is 38.6 Å². The van der Waals surface area contributed by atoms with Crippen molar-refractivity contribution in [2.24, 2.45) is 0 Å². The van der Waals surface area contributed by atoms with Crippen molar-refractivity contribution < 1.29 is 9.90 Å². The Morgan fingerprint density at radius 1 is 1.47 bits per heavy atom. The highest BCUT2D eigenvalue weighted by Gasteiger charge is 2.31. The molecule has 1 aromatic heterocycles. The molecule has 2 heterocycles. The number of aliphatic hydroxyl groups is 1. The number of carbonyl (C=O) groups excluding carboxylic acids is 1. The van der Waals surface area contributed by atoms with Crippen molar-refractivity contribution in [3.05, 3.63) is 5.82 Å². The number of aromatic nitrogens is 3. The van der Waals surface area contributed by atoms with Crippen LogP contribution in [0, 0.1) is 6.92 Å². The molecule has 2 rings (SSSR count). The van der Waals surface area contributed by atoms with E-state index < -0.39 is 6.10 Å². The Hall–Kier alpha value is -1.76. The molecular formula is C8H11N5O2. The van der Waals surface area contributed by atoms with Crippen molar-refractivity contribution in [3.63, 3.8) is 0 Å². The van der Waals surface area contributed by atoms with Crippen LogP contribution in [0.3, 0.4) is 0 Å². The number of nitrogens with zero attached hydrogens (tertiary/aromatic N) is 4. The summed E-state index contributed by atoms with van der Waals surface area (Å²) in [5, 5.41) is 9.30. The van der Waals surface area contributed by atoms with E-state index in [1.807, 2.05) is 0 Å². The summed E-state index contributed by atoms with van der Waals surface area (Å²) in [5.41, 5.74) is 5.44. The topological polar surface area (TPSA) is 105 Å². The van der Waals surface area contributed by atoms with E-state index >= 15 is 0 Å². The molecule has 7 nitrogen and oxygen atoms in total. The Bertz CT molecular complexity index is 388. The van der Waals surface area contributed by atoms with E-state index in [2.05, 4.69) is 15.0 Å². The second-order valence-corrected chi connectivity index (χ2v) is 3.40. The Morgan fingerprint density at radius 2 is 2.20 bits per heavy atom. The maximum Gasteiger partial charge on any atom is 0.237 e. The van der Waals surface area contributed by atoms with Crippen LogP contribution in [0.2, 0.25) is 0 Å². The Kier molecular flexibility index (Phi) is 2.24. The monoisotopic (exact) mass is 209 g/mol. The lowest BCUT2D eigenvalue weighted by Crippen LogP contribution is -2.28. The fourth-order valence-corrected chi connectivity index (χ4v) is 1.49. The summed E-state index contributed by atoms with van der Waals surface area (Å²) in [6.45, 7) is 1.88. The summed E-state index contributed by atoms with van der Waals surface area (Å²) in [6, 6.07) is 0. The van der Waals surface area contributed by atoms with Crippen LogP contribution in [0.25, 0.3) is 0 Å². The van der Waals surface area contributed by atoms with Gasteiger partial charge < -0.3 is 10.8 Å². The smallest absolute Gasteiger partial charge is 0.237 e. The van der Waals surface area contributed by atoms with Gasteiger partial charge in [0.25, 0.3) is 0 Å². The third-order valence-electron chi connectivity index (χ3n) is 2.10. The number of β-amino-alcohol motifs (C(OH)–C–C–N with tert-alkyl or cyclic N) is 1. The van der Waals surface area contributed by atoms with Crippen molar-refractivity contribution in [3.8, 4) is 0 Å². The molecule has 0 aliphatic carbocycles. The van der Waals surface area contributed by atoms with E-state index in [4.69, 9.17) is 5.73 Å². The maximum absolute atomic E-state index is 11.4. The fraction of sp³-hybridized carbons (Fsp3) is 0.500. The number of rotatable bonds is 1. The van der Waals surface area contributed by atoms with E-state index in [-0.39, 0.29) is 30.8 Å². The average Bonchev–Trinajstić information content (AvgIpc) is 2.43. The third kappa shape index (κ3) is 1.86. The standard InChI is InChI=1S/C8H11N5O2/c1-4-10-7(9)12-8(11-4)13-3-5(14)2-6(13)15/h5,14H,2-3H2,1H3,(H2,9,10,11,12). The lowest BCUT2D eigenvalue weighted by molar-refractivity contribution is -0.117. The van der Waals surface area contributed by atoms with Gasteiger partial charge in [0.1, 0.15) is 5.82 Å². The van der Waals surface area contributed by atoms with Gasteiger partial charge >= 0.3 is 0 Å². The van der Waals surface area contributed by atoms with Gasteiger partial charge in [-0.25, -0.2) is 0 Å². The molecule has 1 aliphatic heterocycles. The number of amides is 1. The number of nitrogens with two attached hydrogens (primary N) is 1. The molecule has 0 radical (unpaired) electrons. The number of hydrogen-bond donors (Lipinski definition) is 2. The first-order valence-corrected chi connectivity index (χ1v) is 4.53. The van der Waals surface area contributed by atoms with Crippen LogP contribution in [0.1, 0.15) is 12.2 Å². The molecule has 1 aromatic rings. The number of aryl methyl sites for hydroxylation is 1. The Balaban J connectivity index is 2.33. The van der Waals surface area contributed by atoms with E-state index in [1.165, 1.54) is 4.90 Å². The van der Waals surface area contributed by atoms with Gasteiger partial charge in [-0.3, -0.25) is 9.69 Å². The van der Waals surface area contributed by atoms with Gasteiger partial charge in [0.05, 0.1) is 19.1 Å². The highest BCUT2D eigenvalue weighted by atomic mass is 16.3. The minimum Gasteiger partial charge on any atom is -0.391 e. The number of nitrogen functional groups attached to an aromatic ring is 1. The highest BCUT2D eigenvalue weighted by Crippen LogP contribution is 2.17. The summed E-state index contributed by atoms with van der Waals surface area (Å²) >= 11 is 0. The minimum atomic E-state index is -0.657. The summed E-state index contributed by atoms with van der Waals surface area (Å²) < 4.78 is 0. The molecular weight excluding hydrogens is 198 g/mol. The van der Waals surface area contributed by atoms with Crippen molar-refractivity contribution in [2.45, 2.75) is 19.4 Å². The quantitative estimate of drug-likeness (QED) is 0.605. The summed E-state index contributed by atoms with van der Waals surface area (Å²) in [7, 11) is 0. The van der Waals surface area contributed by atoms with Gasteiger partial charge in [-0.15, -0.1) is 0 Å². The number of hydrogen-bond acceptors (Lipinski definition) is 6. The normalized spacial score (nSPS) is 21.1. The van der Waals surface area contributed by atoms with Crippen molar-refractivity contribution in [2.75, 3.05) is 17.2 Å². The van der Waals surface area contributed by atoms with Gasteiger partial charge in [0.2, 0.25) is 17.8 Å². The molecule has 1 atom stereocenters. The molecule has 1 aliphatic rings. The molecule has 0 aromatic carbocycles. The maximum atomic E-state index is 11.4. The molecule has 0 bridgehead atoms. The SMILES string of the molecule is Cc1nc(N)nc(N2CC(O)CC2=O)n1. The van der Waals surface area contributed by atoms with E-state index in [9.17, 15) is 9.90 Å². The molecule has 1 unspecified atom stereocenters. The zero-order valence-electron chi connectivity index (χ0n) is 8.21. The minimum absolute atomic E-state index is 0.0756. The van der Waals surface area contributed by atoms with Crippen LogP contribution >= 0.6 is 0 Å². The van der Waals surface area contributed by atoms with Gasteiger partial charge in [0.15, 0.2) is 0 Å². The molecule has 0 spiro atoms. The third-order valence-corrected chi connectivity index (χ3v) is 2.10. The van der Waals surface area contributed by atoms with Crippen molar-refractivity contribution in [1.29, 1.82) is 0 Å². The van der Waals surface area contributed by atoms with Crippen LogP contribution in [-0.2, 0) is 4.79 Å². The summed E-state index contributed by atoms with van der Waals surface area (Å²) in [4.78, 5) is 24.4. The first-order valence-electron chi connectivity index (χ1n) is 4.53. The molecule has 3 N–H and O–H groups in total. The second-order valence-electron chi connectivity index (χ2n) is 3.40. The van der Waals surface area contributed by atoms with Crippen LogP contribution < -0.4 is 10.6 Å². The Morgan fingerprint density at radius 3 is 2.73 bits per heavy atom. The first-order chi connectivity index (χ1) is 7.06. The summed E-state index contributed by atoms with van der Waals surface area (Å²) in [5.74, 6) is 0.535. The molecule has 0 saturated carbocycles. The first kappa shape index (κ1) is 9.78. The molecule has 7 heteroatoms. The average molecular weight is 209 g/mol. The summed E-state index contributed by atoms with van der Waals surface area (Å²) in [6.07, 6.45) is -0.555. The molecule has 15 heavy (non-hydrogen) atoms. The van der Waals surface area contributed by atoms with E-state index in [1.54, 1.807) is 6.92 Å². The van der Waals surface area contributed by atoms with Crippen molar-refractivity contribution >= 4 is 17.8 Å². The number of aliphatic hydroxyl groups excluding tert-OH is 1. The van der Waals surface area contributed by atoms with Gasteiger partial charge in [-0.1, -0.05) is 0 Å². The molecule has 80 valence electrons. The Labute approximate surface area is 86.0 Å². The number of anilines is 2. The fourth-order valence-electron chi connectivity index (χ4n) is 1.49. The number of carbonyl (C=O) groups is 1. The van der Waals surface area contributed by atoms with E-state index in [0.717, 1.165) is 0 Å². The largest absolute Gasteiger partial charge is 0.391 e. The molecule has 1 saturated heterocycles. The molecule has 1 fully saturated rings. The zero-order valence-corrected chi connectivity index (χ0v) is 8.21. The van der Waals surface area contributed by atoms with Gasteiger partial charge in [-0.2, -0.15) is 15.0 Å². The lowest BCUT2D eigenvalue weighted by Gasteiger charge is -2.13. The van der Waals surface area contributed by atoms with Gasteiger partial charge in [0, 0.05) is 0 Å². The zero-order chi connectivity index (χ0) is 11.0. The van der Waals surface area contributed by atoms with Crippen LogP contribution in [0.5, 0.6) is 0 Å². The second kappa shape index (κ2) is 3.43. The predicted molar refractivity (Wildman–Crippen MR) is 52.0 cm³/mol. The molecule has 1 amide bonds. The van der Waals surface area contributed by atoms with Crippen LogP contribution in [0.15, 0.2) is 0 Å². The predicted octanol–water partition coefficient (Wildman–Crippen LogP) is -1.14. The van der Waals surface area contributed by atoms with E-state index in [0.29, 0.717) is 5.82 Å². The van der Waals surface area contributed by atoms with Gasteiger partial charge in [-0.05, 0) is 6.92 Å². The lowest BCUT2D eigenvalue weighted by atomic mass is 10.3. The van der Waals surface area contributed by atoms with Crippen LogP contribution in [0.4, 0.5) is 11.9 Å². The van der Waals surface area contributed by atoms with Crippen molar-refractivity contribution in [1.82, 2.24) is 15.0 Å².